The van der Waals surface area contributed by atoms with E-state index in [4.69, 9.17) is 0 Å². The molecule has 2 rings (SSSR count). The molecule has 0 saturated heterocycles. The molecule has 88 valence electrons. The Balaban J connectivity index is 2.21. The number of rotatable bonds is 4. The van der Waals surface area contributed by atoms with Crippen LogP contribution < -0.4 is 5.32 Å². The van der Waals surface area contributed by atoms with Crippen molar-refractivity contribution in [2.75, 3.05) is 5.32 Å². The van der Waals surface area contributed by atoms with Crippen molar-refractivity contribution in [3.05, 3.63) is 34.3 Å². The van der Waals surface area contributed by atoms with Crippen LogP contribution in [0, 0.1) is 10.1 Å². The molecule has 17 heavy (non-hydrogen) atoms. The Kier molecular flexibility index (Phi) is 2.90. The number of nitro groups is 1. The number of pyridine rings is 1. The van der Waals surface area contributed by atoms with Crippen molar-refractivity contribution >= 4 is 11.5 Å². The molecule has 0 aliphatic rings. The van der Waals surface area contributed by atoms with Gasteiger partial charge in [0.25, 0.3) is 0 Å². The molecule has 0 aliphatic heterocycles. The van der Waals surface area contributed by atoms with Gasteiger partial charge in [-0.1, -0.05) is 5.21 Å². The van der Waals surface area contributed by atoms with Crippen LogP contribution in [0.3, 0.4) is 0 Å². The van der Waals surface area contributed by atoms with E-state index in [0.717, 1.165) is 0 Å². The van der Waals surface area contributed by atoms with Crippen LogP contribution in [0.2, 0.25) is 0 Å². The number of aromatic amines is 1. The fourth-order valence-corrected chi connectivity index (χ4v) is 1.28. The van der Waals surface area contributed by atoms with Crippen LogP contribution in [-0.4, -0.2) is 30.5 Å². The summed E-state index contributed by atoms with van der Waals surface area (Å²) in [7, 11) is 0. The van der Waals surface area contributed by atoms with E-state index in [1.807, 2.05) is 0 Å². The molecule has 2 aromatic heterocycles. The number of tetrazole rings is 1. The van der Waals surface area contributed by atoms with Crippen LogP contribution >= 0.6 is 0 Å². The molecule has 0 fully saturated rings. The third kappa shape index (κ3) is 2.33. The van der Waals surface area contributed by atoms with E-state index in [1.165, 1.54) is 18.3 Å². The van der Waals surface area contributed by atoms with Crippen molar-refractivity contribution in [2.45, 2.75) is 13.0 Å². The van der Waals surface area contributed by atoms with Gasteiger partial charge in [-0.2, -0.15) is 5.21 Å². The average Bonchev–Trinajstić information content (AvgIpc) is 2.83. The second kappa shape index (κ2) is 4.51. The van der Waals surface area contributed by atoms with E-state index in [2.05, 4.69) is 30.9 Å². The lowest BCUT2D eigenvalue weighted by Crippen LogP contribution is -2.11. The zero-order valence-corrected chi connectivity index (χ0v) is 8.86. The minimum absolute atomic E-state index is 0.0946. The SMILES string of the molecule is CC(Nc1ncccc1[N+](=O)[O-])c1nn[nH]n1. The maximum absolute atomic E-state index is 10.8. The Hall–Kier alpha value is -2.58. The summed E-state index contributed by atoms with van der Waals surface area (Å²) in [4.78, 5) is 14.2. The Morgan fingerprint density at radius 3 is 3.06 bits per heavy atom. The van der Waals surface area contributed by atoms with E-state index in [0.29, 0.717) is 5.82 Å². The summed E-state index contributed by atoms with van der Waals surface area (Å²) >= 11 is 0. The topological polar surface area (TPSA) is 123 Å². The molecule has 0 aliphatic carbocycles. The highest BCUT2D eigenvalue weighted by molar-refractivity contribution is 5.55. The highest BCUT2D eigenvalue weighted by atomic mass is 16.6. The summed E-state index contributed by atoms with van der Waals surface area (Å²) in [6.45, 7) is 1.75. The molecule has 0 bridgehead atoms. The Morgan fingerprint density at radius 2 is 2.41 bits per heavy atom. The van der Waals surface area contributed by atoms with Crippen molar-refractivity contribution in [1.82, 2.24) is 25.6 Å². The number of hydrogen-bond donors (Lipinski definition) is 2. The molecule has 2 N–H and O–H groups in total. The molecule has 0 aromatic carbocycles. The maximum Gasteiger partial charge on any atom is 0.311 e. The number of hydrogen-bond acceptors (Lipinski definition) is 7. The third-order valence-corrected chi connectivity index (χ3v) is 2.09. The Bertz CT molecular complexity index is 512. The van der Waals surface area contributed by atoms with Crippen LogP contribution in [0.1, 0.15) is 18.8 Å². The predicted octanol–water partition coefficient (Wildman–Crippen LogP) is 0.676. The molecule has 2 heterocycles. The van der Waals surface area contributed by atoms with Gasteiger partial charge in [-0.05, 0) is 13.0 Å². The average molecular weight is 235 g/mol. The largest absolute Gasteiger partial charge is 0.354 e. The molecule has 0 amide bonds. The number of aromatic nitrogens is 5. The number of nitrogens with zero attached hydrogens (tertiary/aromatic N) is 5. The lowest BCUT2D eigenvalue weighted by molar-refractivity contribution is -0.384. The lowest BCUT2D eigenvalue weighted by atomic mass is 10.3. The van der Waals surface area contributed by atoms with E-state index in [-0.39, 0.29) is 17.5 Å². The predicted molar refractivity (Wildman–Crippen MR) is 57.1 cm³/mol. The molecule has 0 radical (unpaired) electrons. The molecule has 9 nitrogen and oxygen atoms in total. The molecule has 0 spiro atoms. The van der Waals surface area contributed by atoms with Crippen molar-refractivity contribution in [3.63, 3.8) is 0 Å². The van der Waals surface area contributed by atoms with Gasteiger partial charge < -0.3 is 5.32 Å². The summed E-state index contributed by atoms with van der Waals surface area (Å²) in [5.41, 5.74) is -0.0946. The zero-order valence-electron chi connectivity index (χ0n) is 8.86. The lowest BCUT2D eigenvalue weighted by Gasteiger charge is -2.09. The van der Waals surface area contributed by atoms with Crippen LogP contribution in [0.15, 0.2) is 18.3 Å². The summed E-state index contributed by atoms with van der Waals surface area (Å²) in [5.74, 6) is 0.583. The maximum atomic E-state index is 10.8. The molecule has 0 saturated carbocycles. The summed E-state index contributed by atoms with van der Waals surface area (Å²) in [5, 5.41) is 26.9. The smallest absolute Gasteiger partial charge is 0.311 e. The highest BCUT2D eigenvalue weighted by Crippen LogP contribution is 2.23. The third-order valence-electron chi connectivity index (χ3n) is 2.09. The van der Waals surface area contributed by atoms with Gasteiger partial charge in [0.2, 0.25) is 5.82 Å². The second-order valence-electron chi connectivity index (χ2n) is 3.26. The first-order chi connectivity index (χ1) is 8.18. The number of nitrogens with one attached hydrogen (secondary N) is 2. The van der Waals surface area contributed by atoms with Gasteiger partial charge >= 0.3 is 5.69 Å². The van der Waals surface area contributed by atoms with Gasteiger partial charge in [-0.3, -0.25) is 10.1 Å². The zero-order chi connectivity index (χ0) is 12.3. The number of H-pyrrole nitrogens is 1. The van der Waals surface area contributed by atoms with E-state index >= 15 is 0 Å². The highest BCUT2D eigenvalue weighted by Gasteiger charge is 2.18. The second-order valence-corrected chi connectivity index (χ2v) is 3.26. The fourth-order valence-electron chi connectivity index (χ4n) is 1.28. The van der Waals surface area contributed by atoms with Gasteiger partial charge in [0, 0.05) is 12.3 Å². The van der Waals surface area contributed by atoms with E-state index < -0.39 is 4.92 Å². The van der Waals surface area contributed by atoms with Gasteiger partial charge in [-0.25, -0.2) is 4.98 Å². The van der Waals surface area contributed by atoms with Crippen molar-refractivity contribution in [2.24, 2.45) is 0 Å². The molecule has 9 heteroatoms. The van der Waals surface area contributed by atoms with Gasteiger partial charge in [0.05, 0.1) is 11.0 Å². The van der Waals surface area contributed by atoms with Crippen molar-refractivity contribution in [3.8, 4) is 0 Å². The summed E-state index contributed by atoms with van der Waals surface area (Å²) < 4.78 is 0. The monoisotopic (exact) mass is 235 g/mol. The first-order valence-electron chi connectivity index (χ1n) is 4.78. The molecule has 1 atom stereocenters. The minimum atomic E-state index is -0.502. The van der Waals surface area contributed by atoms with E-state index in [1.54, 1.807) is 6.92 Å². The van der Waals surface area contributed by atoms with E-state index in [9.17, 15) is 10.1 Å². The van der Waals surface area contributed by atoms with Crippen LogP contribution in [-0.2, 0) is 0 Å². The molecular weight excluding hydrogens is 226 g/mol. The molecule has 1 unspecified atom stereocenters. The minimum Gasteiger partial charge on any atom is -0.354 e. The first kappa shape index (κ1) is 10.9. The summed E-state index contributed by atoms with van der Waals surface area (Å²) in [6.07, 6.45) is 1.47. The van der Waals surface area contributed by atoms with Gasteiger partial charge in [0.15, 0.2) is 5.82 Å². The fraction of sp³-hybridized carbons (Fsp3) is 0.250. The number of anilines is 1. The standard InChI is InChI=1S/C8H9N7O2/c1-5(7-11-13-14-12-7)10-8-6(15(16)17)3-2-4-9-8/h2-5H,1H3,(H,9,10)(H,11,12,13,14). The molecular formula is C8H9N7O2. The van der Waals surface area contributed by atoms with Crippen LogP contribution in [0.25, 0.3) is 0 Å². The first-order valence-corrected chi connectivity index (χ1v) is 4.78. The quantitative estimate of drug-likeness (QED) is 0.589. The van der Waals surface area contributed by atoms with Gasteiger partial charge in [0.1, 0.15) is 0 Å². The molecule has 2 aromatic rings. The Labute approximate surface area is 95.4 Å². The normalized spacial score (nSPS) is 12.1. The van der Waals surface area contributed by atoms with Crippen molar-refractivity contribution < 1.29 is 4.92 Å². The van der Waals surface area contributed by atoms with Gasteiger partial charge in [-0.15, -0.1) is 10.2 Å². The van der Waals surface area contributed by atoms with Crippen LogP contribution in [0.5, 0.6) is 0 Å². The van der Waals surface area contributed by atoms with Crippen LogP contribution in [0.4, 0.5) is 11.5 Å². The summed E-state index contributed by atoms with van der Waals surface area (Å²) in [6, 6.07) is 2.54. The van der Waals surface area contributed by atoms with Crippen molar-refractivity contribution in [1.29, 1.82) is 0 Å². The Morgan fingerprint density at radius 1 is 1.59 bits per heavy atom.